The Bertz CT molecular complexity index is 1060. The minimum Gasteiger partial charge on any atom is -0.433 e. The van der Waals surface area contributed by atoms with Gasteiger partial charge < -0.3 is 15.0 Å². The molecule has 0 unspecified atom stereocenters. The fourth-order valence-electron chi connectivity index (χ4n) is 4.39. The molecule has 1 aliphatic heterocycles. The van der Waals surface area contributed by atoms with Crippen LogP contribution in [0.5, 0.6) is 5.75 Å². The SMILES string of the molecule is CC(F)(F)Oc1ccc(S(=O)(=O)C2(C3CCN(C(=O)Nc4ccncc4)CC3)CC2)cc1. The van der Waals surface area contributed by atoms with E-state index in [9.17, 15) is 22.0 Å². The van der Waals surface area contributed by atoms with Crippen LogP contribution in [0.4, 0.5) is 19.3 Å². The molecule has 0 radical (unpaired) electrons. The lowest BCUT2D eigenvalue weighted by atomic mass is 9.91. The number of halogens is 2. The van der Waals surface area contributed by atoms with E-state index >= 15 is 0 Å². The molecule has 1 aliphatic carbocycles. The van der Waals surface area contributed by atoms with Gasteiger partial charge in [-0.15, -0.1) is 0 Å². The third kappa shape index (κ3) is 4.55. The second kappa shape index (κ2) is 8.31. The van der Waals surface area contributed by atoms with Crippen LogP contribution >= 0.6 is 0 Å². The van der Waals surface area contributed by atoms with Crippen molar-refractivity contribution in [2.75, 3.05) is 18.4 Å². The molecule has 0 atom stereocenters. The predicted octanol–water partition coefficient (Wildman–Crippen LogP) is 4.32. The summed E-state index contributed by atoms with van der Waals surface area (Å²) in [5, 5.41) is 2.82. The summed E-state index contributed by atoms with van der Waals surface area (Å²) in [7, 11) is -3.64. The van der Waals surface area contributed by atoms with Gasteiger partial charge in [0.2, 0.25) is 0 Å². The van der Waals surface area contributed by atoms with Crippen molar-refractivity contribution in [1.29, 1.82) is 0 Å². The van der Waals surface area contributed by atoms with E-state index in [0.717, 1.165) is 0 Å². The lowest BCUT2D eigenvalue weighted by molar-refractivity contribution is -0.158. The van der Waals surface area contributed by atoms with Gasteiger partial charge in [-0.1, -0.05) is 0 Å². The number of carbonyl (C=O) groups excluding carboxylic acids is 1. The largest absolute Gasteiger partial charge is 0.433 e. The molecule has 7 nitrogen and oxygen atoms in total. The van der Waals surface area contributed by atoms with Gasteiger partial charge in [-0.2, -0.15) is 8.78 Å². The van der Waals surface area contributed by atoms with Gasteiger partial charge in [0.25, 0.3) is 0 Å². The number of urea groups is 1. The van der Waals surface area contributed by atoms with E-state index in [4.69, 9.17) is 0 Å². The summed E-state index contributed by atoms with van der Waals surface area (Å²) < 4.78 is 56.4. The van der Waals surface area contributed by atoms with Crippen molar-refractivity contribution in [3.63, 3.8) is 0 Å². The Morgan fingerprint density at radius 3 is 2.25 bits per heavy atom. The number of likely N-dealkylation sites (tertiary alicyclic amines) is 1. The Balaban J connectivity index is 1.40. The molecule has 2 fully saturated rings. The molecule has 0 bridgehead atoms. The molecule has 2 heterocycles. The minimum absolute atomic E-state index is 0.0617. The number of anilines is 1. The minimum atomic E-state index is -3.64. The number of rotatable bonds is 6. The third-order valence-electron chi connectivity index (χ3n) is 6.17. The molecule has 1 saturated carbocycles. The molecule has 10 heteroatoms. The van der Waals surface area contributed by atoms with Gasteiger partial charge in [-0.05, 0) is 68.0 Å². The number of nitrogens with zero attached hydrogens (tertiary/aromatic N) is 2. The predicted molar refractivity (Wildman–Crippen MR) is 114 cm³/mol. The van der Waals surface area contributed by atoms with Crippen molar-refractivity contribution in [2.45, 2.75) is 48.4 Å². The maximum atomic E-state index is 13.4. The quantitative estimate of drug-likeness (QED) is 0.686. The summed E-state index contributed by atoms with van der Waals surface area (Å²) in [6.07, 6.45) is 2.16. The number of ether oxygens (including phenoxy) is 1. The fourth-order valence-corrected chi connectivity index (χ4v) is 6.67. The number of piperidine rings is 1. The van der Waals surface area contributed by atoms with Gasteiger partial charge in [0, 0.05) is 38.1 Å². The third-order valence-corrected chi connectivity index (χ3v) is 8.87. The average Bonchev–Trinajstić information content (AvgIpc) is 3.56. The molecule has 1 aromatic carbocycles. The first-order chi connectivity index (χ1) is 15.1. The number of alkyl halides is 2. The van der Waals surface area contributed by atoms with E-state index in [-0.39, 0.29) is 22.6 Å². The van der Waals surface area contributed by atoms with Crippen molar-refractivity contribution in [2.24, 2.45) is 5.92 Å². The van der Waals surface area contributed by atoms with Crippen LogP contribution in [0.15, 0.2) is 53.7 Å². The maximum Gasteiger partial charge on any atom is 0.394 e. The number of amides is 2. The van der Waals surface area contributed by atoms with Crippen molar-refractivity contribution in [3.8, 4) is 5.75 Å². The van der Waals surface area contributed by atoms with Crippen LogP contribution in [0.25, 0.3) is 0 Å². The highest BCUT2D eigenvalue weighted by molar-refractivity contribution is 7.93. The number of benzene rings is 1. The smallest absolute Gasteiger partial charge is 0.394 e. The Hall–Kier alpha value is -2.75. The first-order valence-corrected chi connectivity index (χ1v) is 12.0. The van der Waals surface area contributed by atoms with Gasteiger partial charge in [-0.3, -0.25) is 4.98 Å². The Morgan fingerprint density at radius 1 is 1.12 bits per heavy atom. The fraction of sp³-hybridized carbons (Fsp3) is 0.455. The second-order valence-electron chi connectivity index (χ2n) is 8.38. The molecule has 0 spiro atoms. The van der Waals surface area contributed by atoms with Crippen LogP contribution in [0.3, 0.4) is 0 Å². The summed E-state index contributed by atoms with van der Waals surface area (Å²) in [4.78, 5) is 18.2. The molecule has 32 heavy (non-hydrogen) atoms. The van der Waals surface area contributed by atoms with Crippen LogP contribution in [-0.4, -0.2) is 48.3 Å². The number of aromatic nitrogens is 1. The molecule has 1 saturated heterocycles. The average molecular weight is 466 g/mol. The van der Waals surface area contributed by atoms with E-state index in [1.165, 1.54) is 24.3 Å². The van der Waals surface area contributed by atoms with Crippen LogP contribution in [0.1, 0.15) is 32.6 Å². The summed E-state index contributed by atoms with van der Waals surface area (Å²) in [6.45, 7) is 1.56. The Morgan fingerprint density at radius 2 is 1.72 bits per heavy atom. The molecule has 2 aromatic rings. The highest BCUT2D eigenvalue weighted by atomic mass is 32.2. The summed E-state index contributed by atoms with van der Waals surface area (Å²) in [5.41, 5.74) is 0.654. The van der Waals surface area contributed by atoms with Gasteiger partial charge in [0.15, 0.2) is 9.84 Å². The van der Waals surface area contributed by atoms with E-state index in [1.54, 1.807) is 29.4 Å². The zero-order chi connectivity index (χ0) is 23.0. The number of carbonyl (C=O) groups is 1. The van der Waals surface area contributed by atoms with E-state index in [2.05, 4.69) is 15.0 Å². The normalized spacial score (nSPS) is 18.8. The lowest BCUT2D eigenvalue weighted by Crippen LogP contribution is -2.45. The van der Waals surface area contributed by atoms with Crippen LogP contribution < -0.4 is 10.1 Å². The molecule has 2 amide bonds. The first-order valence-electron chi connectivity index (χ1n) is 10.5. The molecule has 1 N–H and O–H groups in total. The van der Waals surface area contributed by atoms with Crippen molar-refractivity contribution in [1.82, 2.24) is 9.88 Å². The number of hydrogen-bond donors (Lipinski definition) is 1. The summed E-state index contributed by atoms with van der Waals surface area (Å²) in [5.74, 6) is -0.150. The first kappa shape index (κ1) is 22.4. The lowest BCUT2D eigenvalue weighted by Gasteiger charge is -2.36. The highest BCUT2D eigenvalue weighted by Crippen LogP contribution is 2.55. The molecule has 2 aliphatic rings. The molecule has 1 aromatic heterocycles. The Kier molecular flexibility index (Phi) is 5.83. The summed E-state index contributed by atoms with van der Waals surface area (Å²) in [6, 6.07) is 8.36. The number of nitrogens with one attached hydrogen (secondary N) is 1. The summed E-state index contributed by atoms with van der Waals surface area (Å²) >= 11 is 0. The highest BCUT2D eigenvalue weighted by Gasteiger charge is 2.60. The zero-order valence-electron chi connectivity index (χ0n) is 17.6. The van der Waals surface area contributed by atoms with Crippen LogP contribution in [-0.2, 0) is 9.84 Å². The van der Waals surface area contributed by atoms with Crippen molar-refractivity contribution >= 4 is 21.6 Å². The van der Waals surface area contributed by atoms with Crippen LogP contribution in [0.2, 0.25) is 0 Å². The molecule has 172 valence electrons. The van der Waals surface area contributed by atoms with Gasteiger partial charge >= 0.3 is 12.1 Å². The number of pyridine rings is 1. The monoisotopic (exact) mass is 465 g/mol. The Labute approximate surface area is 185 Å². The second-order valence-corrected chi connectivity index (χ2v) is 10.7. The molecular formula is C22H25F2N3O4S. The van der Waals surface area contributed by atoms with Crippen molar-refractivity contribution < 1.29 is 26.7 Å². The molecule has 4 rings (SSSR count). The van der Waals surface area contributed by atoms with Gasteiger partial charge in [0.05, 0.1) is 9.64 Å². The molecular weight excluding hydrogens is 440 g/mol. The standard InChI is InChI=1S/C22H25F2N3O4S/c1-21(23,24)31-18-2-4-19(5-3-18)32(29,30)22(10-11-22)16-8-14-27(15-9-16)20(28)26-17-6-12-25-13-7-17/h2-7,12-13,16H,8-11,14-15H2,1H3,(H,25,26,28). The van der Waals surface area contributed by atoms with E-state index in [1.807, 2.05) is 0 Å². The van der Waals surface area contributed by atoms with Crippen molar-refractivity contribution in [3.05, 3.63) is 48.8 Å². The topological polar surface area (TPSA) is 88.6 Å². The van der Waals surface area contributed by atoms with E-state index in [0.29, 0.717) is 51.4 Å². The number of sulfone groups is 1. The zero-order valence-corrected chi connectivity index (χ0v) is 18.4. The maximum absolute atomic E-state index is 13.4. The van der Waals surface area contributed by atoms with Gasteiger partial charge in [-0.25, -0.2) is 13.2 Å². The van der Waals surface area contributed by atoms with E-state index < -0.39 is 20.7 Å². The van der Waals surface area contributed by atoms with Gasteiger partial charge in [0.1, 0.15) is 5.75 Å². The van der Waals surface area contributed by atoms with Crippen LogP contribution in [0, 0.1) is 5.92 Å². The number of hydrogen-bond acceptors (Lipinski definition) is 5.